The second-order valence-electron chi connectivity index (χ2n) is 11.2. The van der Waals surface area contributed by atoms with Crippen LogP contribution >= 0.6 is 0 Å². The third kappa shape index (κ3) is 35.2. The number of carbonyl (C=O) groups is 1. The molecule has 0 aromatic carbocycles. The van der Waals surface area contributed by atoms with Gasteiger partial charge in [-0.3, -0.25) is 14.7 Å². The molecule has 0 amide bonds. The molecule has 0 aliphatic carbocycles. The molecule has 0 radical (unpaired) electrons. The van der Waals surface area contributed by atoms with E-state index in [-0.39, 0.29) is 12.5 Å². The Morgan fingerprint density at radius 2 is 1.15 bits per heavy atom. The lowest BCUT2D eigenvalue weighted by Crippen LogP contribution is -2.53. The first kappa shape index (κ1) is 42.7. The summed E-state index contributed by atoms with van der Waals surface area (Å²) >= 11 is 0. The zero-order valence-corrected chi connectivity index (χ0v) is 27.5. The third-order valence-corrected chi connectivity index (χ3v) is 7.83. The zero-order valence-electron chi connectivity index (χ0n) is 26.7. The Bertz CT molecular complexity index is 629. The van der Waals surface area contributed by atoms with E-state index in [1.165, 1.54) is 103 Å². The van der Waals surface area contributed by atoms with Crippen LogP contribution in [0, 0.1) is 5.92 Å². The van der Waals surface area contributed by atoms with Gasteiger partial charge in [0, 0.05) is 6.42 Å². The predicted molar refractivity (Wildman–Crippen MR) is 163 cm³/mol. The highest BCUT2D eigenvalue weighted by Gasteiger charge is 2.19. The SMILES string of the molecule is CCC(N)[N+](C)(C)CC.CCCCCCCCCCCCCCCCCCC(C)C(=O)O.CCOS(=O)(=O)[O-]. The average Bonchev–Trinajstić information content (AvgIpc) is 2.87. The number of carboxylic acids is 1. The largest absolute Gasteiger partial charge is 0.726 e. The van der Waals surface area contributed by atoms with Crippen LogP contribution in [-0.2, 0) is 19.4 Å². The molecular formula is C30H66N2O6S. The van der Waals surface area contributed by atoms with Crippen molar-refractivity contribution >= 4 is 16.4 Å². The molecule has 8 nitrogen and oxygen atoms in total. The Kier molecular flexibility index (Phi) is 31.5. The van der Waals surface area contributed by atoms with Gasteiger partial charge in [-0.25, -0.2) is 8.42 Å². The number of carboxylic acid groups (broad SMARTS) is 1. The lowest BCUT2D eigenvalue weighted by atomic mass is 10.0. The van der Waals surface area contributed by atoms with Gasteiger partial charge in [0.2, 0.25) is 10.4 Å². The van der Waals surface area contributed by atoms with Crippen LogP contribution in [0.2, 0.25) is 0 Å². The summed E-state index contributed by atoms with van der Waals surface area (Å²) in [6.07, 6.45) is 24.1. The van der Waals surface area contributed by atoms with Crippen molar-refractivity contribution in [2.75, 3.05) is 27.2 Å². The Morgan fingerprint density at radius 3 is 1.36 bits per heavy atom. The van der Waals surface area contributed by atoms with E-state index < -0.39 is 16.4 Å². The van der Waals surface area contributed by atoms with Gasteiger partial charge in [-0.1, -0.05) is 124 Å². The third-order valence-electron chi connectivity index (χ3n) is 7.31. The molecule has 0 saturated heterocycles. The standard InChI is InChI=1S/C21H42O2.C7H19N2.C2H6O4S/c1-3-4-5-6-7-8-9-10-11-12-13-14-15-16-17-18-19-20(2)21(22)23;1-5-7(8)9(3,4)6-2;1-2-6-7(3,4)5/h20H,3-19H2,1-2H3,(H,22,23);7H,5-6,8H2,1-4H3;2H2,1H3,(H,3,4,5)/q;+1;/p-1. The minimum atomic E-state index is -4.42. The maximum atomic E-state index is 10.7. The summed E-state index contributed by atoms with van der Waals surface area (Å²) < 4.78 is 32.9. The van der Waals surface area contributed by atoms with Gasteiger partial charge >= 0.3 is 5.97 Å². The number of nitrogens with two attached hydrogens (primary N) is 1. The van der Waals surface area contributed by atoms with E-state index in [1.807, 2.05) is 6.92 Å². The molecule has 2 atom stereocenters. The summed E-state index contributed by atoms with van der Waals surface area (Å²) in [6.45, 7) is 10.8. The molecule has 0 aromatic rings. The van der Waals surface area contributed by atoms with Crippen LogP contribution < -0.4 is 5.73 Å². The van der Waals surface area contributed by atoms with E-state index in [1.54, 1.807) is 0 Å². The molecule has 39 heavy (non-hydrogen) atoms. The molecule has 0 aromatic heterocycles. The fraction of sp³-hybridized carbons (Fsp3) is 0.967. The van der Waals surface area contributed by atoms with E-state index in [2.05, 4.69) is 39.0 Å². The van der Waals surface area contributed by atoms with Gasteiger partial charge in [-0.15, -0.1) is 0 Å². The normalized spacial score (nSPS) is 13.1. The van der Waals surface area contributed by atoms with E-state index in [0.29, 0.717) is 6.17 Å². The lowest BCUT2D eigenvalue weighted by molar-refractivity contribution is -0.913. The van der Waals surface area contributed by atoms with Gasteiger partial charge in [-0.2, -0.15) is 0 Å². The molecule has 3 N–H and O–H groups in total. The quantitative estimate of drug-likeness (QED) is 0.0416. The molecule has 0 saturated carbocycles. The highest BCUT2D eigenvalue weighted by Crippen LogP contribution is 2.15. The van der Waals surface area contributed by atoms with Crippen molar-refractivity contribution in [1.82, 2.24) is 0 Å². The predicted octanol–water partition coefficient (Wildman–Crippen LogP) is 7.62. The van der Waals surface area contributed by atoms with E-state index in [0.717, 1.165) is 30.3 Å². The van der Waals surface area contributed by atoms with Crippen LogP contribution in [0.15, 0.2) is 0 Å². The maximum absolute atomic E-state index is 10.7. The highest BCUT2D eigenvalue weighted by molar-refractivity contribution is 7.80. The number of nitrogens with zero attached hydrogens (tertiary/aromatic N) is 1. The van der Waals surface area contributed by atoms with Crippen molar-refractivity contribution in [2.45, 2.75) is 156 Å². The minimum absolute atomic E-state index is 0.0914. The van der Waals surface area contributed by atoms with Crippen molar-refractivity contribution < 1.29 is 31.5 Å². The molecule has 2 unspecified atom stereocenters. The molecular weight excluding hydrogens is 516 g/mol. The Balaban J connectivity index is -0.000000658. The molecule has 0 spiro atoms. The van der Waals surface area contributed by atoms with E-state index >= 15 is 0 Å². The first-order valence-corrected chi connectivity index (χ1v) is 17.0. The number of quaternary nitrogens is 1. The maximum Gasteiger partial charge on any atom is 0.306 e. The Hall–Kier alpha value is -0.740. The Labute approximate surface area is 243 Å². The average molecular weight is 583 g/mol. The highest BCUT2D eigenvalue weighted by atomic mass is 32.3. The van der Waals surface area contributed by atoms with Crippen LogP contribution in [0.4, 0.5) is 0 Å². The van der Waals surface area contributed by atoms with Crippen LogP contribution in [-0.4, -0.2) is 61.9 Å². The fourth-order valence-corrected chi connectivity index (χ4v) is 4.28. The van der Waals surface area contributed by atoms with Gasteiger partial charge in [0.1, 0.15) is 6.17 Å². The summed E-state index contributed by atoms with van der Waals surface area (Å²) in [5.74, 6) is -0.812. The summed E-state index contributed by atoms with van der Waals surface area (Å²) in [6, 6.07) is 0. The van der Waals surface area contributed by atoms with Gasteiger partial charge < -0.3 is 14.1 Å². The van der Waals surface area contributed by atoms with Gasteiger partial charge in [0.25, 0.3) is 0 Å². The smallest absolute Gasteiger partial charge is 0.306 e. The van der Waals surface area contributed by atoms with Gasteiger partial charge in [0.15, 0.2) is 0 Å². The number of unbranched alkanes of at least 4 members (excludes halogenated alkanes) is 15. The van der Waals surface area contributed by atoms with Crippen LogP contribution in [0.25, 0.3) is 0 Å². The van der Waals surface area contributed by atoms with Crippen LogP contribution in [0.1, 0.15) is 150 Å². The van der Waals surface area contributed by atoms with Gasteiger partial charge in [0.05, 0.1) is 33.2 Å². The van der Waals surface area contributed by atoms with E-state index in [9.17, 15) is 17.8 Å². The summed E-state index contributed by atoms with van der Waals surface area (Å²) in [4.78, 5) is 10.7. The van der Waals surface area contributed by atoms with E-state index in [4.69, 9.17) is 10.8 Å². The number of rotatable bonds is 23. The number of hydrogen-bond acceptors (Lipinski definition) is 6. The van der Waals surface area contributed by atoms with Crippen LogP contribution in [0.3, 0.4) is 0 Å². The topological polar surface area (TPSA) is 130 Å². The Morgan fingerprint density at radius 1 is 0.795 bits per heavy atom. The first-order chi connectivity index (χ1) is 18.3. The van der Waals surface area contributed by atoms with Crippen molar-refractivity contribution in [2.24, 2.45) is 11.7 Å². The van der Waals surface area contributed by atoms with Crippen LogP contribution in [0.5, 0.6) is 0 Å². The molecule has 238 valence electrons. The fourth-order valence-electron chi connectivity index (χ4n) is 4.00. The first-order valence-electron chi connectivity index (χ1n) is 15.7. The summed E-state index contributed by atoms with van der Waals surface area (Å²) in [5.41, 5.74) is 5.83. The molecule has 0 aliphatic heterocycles. The molecule has 0 bridgehead atoms. The lowest BCUT2D eigenvalue weighted by Gasteiger charge is -2.33. The van der Waals surface area contributed by atoms with Crippen molar-refractivity contribution in [3.05, 3.63) is 0 Å². The minimum Gasteiger partial charge on any atom is -0.726 e. The molecule has 0 rings (SSSR count). The monoisotopic (exact) mass is 582 g/mol. The second kappa shape index (κ2) is 28.8. The zero-order chi connectivity index (χ0) is 30.6. The number of hydrogen-bond donors (Lipinski definition) is 2. The summed E-state index contributed by atoms with van der Waals surface area (Å²) in [7, 11) is -0.102. The summed E-state index contributed by atoms with van der Waals surface area (Å²) in [5, 5.41) is 8.81. The second-order valence-corrected chi connectivity index (χ2v) is 12.3. The van der Waals surface area contributed by atoms with Crippen molar-refractivity contribution in [3.8, 4) is 0 Å². The molecule has 0 fully saturated rings. The molecule has 0 aliphatic rings. The molecule has 0 heterocycles. The number of aliphatic carboxylic acids is 1. The molecule has 9 heteroatoms. The van der Waals surface area contributed by atoms with Gasteiger partial charge in [-0.05, 0) is 20.3 Å². The van der Waals surface area contributed by atoms with Crippen molar-refractivity contribution in [1.29, 1.82) is 0 Å². The van der Waals surface area contributed by atoms with Crippen molar-refractivity contribution in [3.63, 3.8) is 0 Å².